The number of ether oxygens (including phenoxy) is 2. The molecule has 0 aromatic heterocycles. The maximum Gasteiger partial charge on any atom is 0.126 e. The molecule has 362 valence electrons. The number of aromatic hydroxyl groups is 2. The summed E-state index contributed by atoms with van der Waals surface area (Å²) in [6.45, 7) is 40.6. The lowest BCUT2D eigenvalue weighted by Gasteiger charge is -2.31. The Bertz CT molecular complexity index is 2460. The van der Waals surface area contributed by atoms with Gasteiger partial charge >= 0.3 is 0 Å². The van der Waals surface area contributed by atoms with Crippen molar-refractivity contribution in [2.24, 2.45) is 0 Å². The molecular weight excluding hydrogens is 833 g/mol. The largest absolute Gasteiger partial charge is 0.507 e. The molecule has 4 heteroatoms. The number of phenolic OH excluding ortho intramolecular Hbond substituents is 2. The van der Waals surface area contributed by atoms with E-state index >= 15 is 0 Å². The molecule has 68 heavy (non-hydrogen) atoms. The standard InChI is InChI=1S/C64H82O4/c1-39-25-41(3)57(42(4)26-39)53-23-19-21-47(59(53)65)33-55(67-37-45-29-49(61(7,8)9)35-50(30-45)62(10,11)12)56(68-38-46-31-51(63(13,14)15)36-52(32-46)64(16,17)18)34-48-22-20-24-54(60(48)66)58-43(5)27-40(2)28-44(58)6/h19-32,35-36,55-56,65-66H,33-34,37-38H2,1-18H3/t55-,56-/m1/s1. The van der Waals surface area contributed by atoms with Gasteiger partial charge in [-0.15, -0.1) is 0 Å². The highest BCUT2D eigenvalue weighted by Gasteiger charge is 2.30. The molecular formula is C64H82O4. The minimum absolute atomic E-state index is 0.0657. The van der Waals surface area contributed by atoms with E-state index < -0.39 is 12.2 Å². The minimum atomic E-state index is -0.536. The summed E-state index contributed by atoms with van der Waals surface area (Å²) >= 11 is 0. The Morgan fingerprint density at radius 3 is 0.941 bits per heavy atom. The number of para-hydroxylation sites is 2. The van der Waals surface area contributed by atoms with Crippen LogP contribution in [0, 0.1) is 41.5 Å². The first-order valence-corrected chi connectivity index (χ1v) is 24.8. The lowest BCUT2D eigenvalue weighted by molar-refractivity contribution is -0.0849. The lowest BCUT2D eigenvalue weighted by atomic mass is 9.79. The van der Waals surface area contributed by atoms with Crippen molar-refractivity contribution >= 4 is 0 Å². The Morgan fingerprint density at radius 1 is 0.397 bits per heavy atom. The number of aryl methyl sites for hydroxylation is 6. The second-order valence-electron chi connectivity index (χ2n) is 24.1. The summed E-state index contributed by atoms with van der Waals surface area (Å²) in [6.07, 6.45) is -0.311. The van der Waals surface area contributed by atoms with E-state index in [0.29, 0.717) is 26.1 Å². The number of rotatable bonds is 13. The molecule has 0 heterocycles. The van der Waals surface area contributed by atoms with Gasteiger partial charge in [-0.3, -0.25) is 0 Å². The average Bonchev–Trinajstić information content (AvgIpc) is 3.21. The fourth-order valence-corrected chi connectivity index (χ4v) is 9.84. The van der Waals surface area contributed by atoms with E-state index in [2.05, 4.69) is 185 Å². The van der Waals surface area contributed by atoms with Crippen molar-refractivity contribution < 1.29 is 19.7 Å². The fraction of sp³-hybridized carbons (Fsp3) is 0.438. The first-order valence-electron chi connectivity index (χ1n) is 24.8. The molecule has 0 unspecified atom stereocenters. The molecule has 6 rings (SSSR count). The normalized spacial score (nSPS) is 13.5. The summed E-state index contributed by atoms with van der Waals surface area (Å²) < 4.78 is 14.6. The van der Waals surface area contributed by atoms with Crippen LogP contribution in [0.5, 0.6) is 11.5 Å². The zero-order valence-electron chi connectivity index (χ0n) is 44.9. The Morgan fingerprint density at radius 2 is 0.676 bits per heavy atom. The first kappa shape index (κ1) is 52.2. The third kappa shape index (κ3) is 12.3. The van der Waals surface area contributed by atoms with Crippen molar-refractivity contribution in [1.82, 2.24) is 0 Å². The summed E-state index contributed by atoms with van der Waals surface area (Å²) in [4.78, 5) is 0. The average molecular weight is 915 g/mol. The van der Waals surface area contributed by atoms with Crippen molar-refractivity contribution in [3.05, 3.63) is 175 Å². The number of phenols is 2. The van der Waals surface area contributed by atoms with Gasteiger partial charge in [0.15, 0.2) is 0 Å². The van der Waals surface area contributed by atoms with Gasteiger partial charge in [0.25, 0.3) is 0 Å². The Balaban J connectivity index is 1.53. The zero-order valence-corrected chi connectivity index (χ0v) is 44.9. The van der Waals surface area contributed by atoms with Crippen molar-refractivity contribution in [2.75, 3.05) is 0 Å². The van der Waals surface area contributed by atoms with Gasteiger partial charge in [0.05, 0.1) is 25.4 Å². The van der Waals surface area contributed by atoms with Gasteiger partial charge in [-0.05, 0) is 141 Å². The number of benzene rings is 6. The highest BCUT2D eigenvalue weighted by Crippen LogP contribution is 2.41. The van der Waals surface area contributed by atoms with Gasteiger partial charge in [-0.2, -0.15) is 0 Å². The molecule has 2 atom stereocenters. The molecule has 4 nitrogen and oxygen atoms in total. The summed E-state index contributed by atoms with van der Waals surface area (Å²) in [5.41, 5.74) is 19.1. The molecule has 0 aliphatic rings. The highest BCUT2D eigenvalue weighted by molar-refractivity contribution is 5.78. The quantitative estimate of drug-likeness (QED) is 0.121. The molecule has 6 aromatic rings. The predicted molar refractivity (Wildman–Crippen MR) is 288 cm³/mol. The Kier molecular flexibility index (Phi) is 15.4. The SMILES string of the molecule is Cc1cc(C)c(-c2cccc(C[C@@H](OCc3cc(C(C)(C)C)cc(C(C)(C)C)c3)[C@@H](Cc3cccc(-c4c(C)cc(C)cc4C)c3O)OCc3cc(C(C)(C)C)cc(C(C)(C)C)c3)c2O)c(C)c1. The molecule has 0 aliphatic carbocycles. The predicted octanol–water partition coefficient (Wildman–Crippen LogP) is 16.4. The van der Waals surface area contributed by atoms with Crippen LogP contribution in [0.3, 0.4) is 0 Å². The molecule has 0 saturated carbocycles. The van der Waals surface area contributed by atoms with Gasteiger partial charge in [0.1, 0.15) is 11.5 Å². The Labute approximate surface area is 411 Å². The molecule has 0 amide bonds. The van der Waals surface area contributed by atoms with Crippen LogP contribution < -0.4 is 0 Å². The summed E-state index contributed by atoms with van der Waals surface area (Å²) in [5, 5.41) is 24.8. The third-order valence-corrected chi connectivity index (χ3v) is 13.8. The van der Waals surface area contributed by atoms with E-state index in [9.17, 15) is 10.2 Å². The van der Waals surface area contributed by atoms with Gasteiger partial charge < -0.3 is 19.7 Å². The molecule has 0 radical (unpaired) electrons. The summed E-state index contributed by atoms with van der Waals surface area (Å²) in [6, 6.07) is 34.7. The summed E-state index contributed by atoms with van der Waals surface area (Å²) in [5.74, 6) is 0.505. The van der Waals surface area contributed by atoms with E-state index in [-0.39, 0.29) is 33.2 Å². The topological polar surface area (TPSA) is 58.9 Å². The van der Waals surface area contributed by atoms with E-state index in [1.54, 1.807) is 0 Å². The van der Waals surface area contributed by atoms with Crippen LogP contribution in [0.2, 0.25) is 0 Å². The molecule has 0 fully saturated rings. The molecule has 0 bridgehead atoms. The molecule has 0 spiro atoms. The van der Waals surface area contributed by atoms with Gasteiger partial charge in [0.2, 0.25) is 0 Å². The second kappa shape index (κ2) is 20.1. The second-order valence-corrected chi connectivity index (χ2v) is 24.1. The highest BCUT2D eigenvalue weighted by atomic mass is 16.5. The number of hydrogen-bond donors (Lipinski definition) is 2. The van der Waals surface area contributed by atoms with Crippen LogP contribution in [-0.4, -0.2) is 22.4 Å². The third-order valence-electron chi connectivity index (χ3n) is 13.8. The molecule has 0 saturated heterocycles. The zero-order chi connectivity index (χ0) is 50.3. The molecule has 2 N–H and O–H groups in total. The van der Waals surface area contributed by atoms with Crippen LogP contribution in [-0.2, 0) is 57.2 Å². The smallest absolute Gasteiger partial charge is 0.126 e. The maximum absolute atomic E-state index is 12.4. The molecule has 0 aliphatic heterocycles. The van der Waals surface area contributed by atoms with Crippen LogP contribution in [0.4, 0.5) is 0 Å². The van der Waals surface area contributed by atoms with Crippen molar-refractivity contribution in [3.8, 4) is 33.8 Å². The van der Waals surface area contributed by atoms with Crippen LogP contribution in [0.1, 0.15) is 161 Å². The fourth-order valence-electron chi connectivity index (χ4n) is 9.84. The summed E-state index contributed by atoms with van der Waals surface area (Å²) in [7, 11) is 0. The first-order chi connectivity index (χ1) is 31.5. The van der Waals surface area contributed by atoms with E-state index in [4.69, 9.17) is 9.47 Å². The maximum atomic E-state index is 12.4. The van der Waals surface area contributed by atoms with E-state index in [1.807, 2.05) is 36.4 Å². The van der Waals surface area contributed by atoms with E-state index in [1.165, 1.54) is 33.4 Å². The van der Waals surface area contributed by atoms with Crippen molar-refractivity contribution in [2.45, 2.75) is 185 Å². The van der Waals surface area contributed by atoms with Crippen LogP contribution >= 0.6 is 0 Å². The minimum Gasteiger partial charge on any atom is -0.507 e. The molecule has 6 aromatic carbocycles. The van der Waals surface area contributed by atoms with Crippen LogP contribution in [0.25, 0.3) is 22.3 Å². The lowest BCUT2D eigenvalue weighted by Crippen LogP contribution is -2.35. The van der Waals surface area contributed by atoms with E-state index in [0.717, 1.165) is 66.8 Å². The van der Waals surface area contributed by atoms with Gasteiger partial charge in [0, 0.05) is 24.0 Å². The number of hydrogen-bond acceptors (Lipinski definition) is 4. The van der Waals surface area contributed by atoms with Gasteiger partial charge in [-0.25, -0.2) is 0 Å². The Hall–Kier alpha value is -5.16. The van der Waals surface area contributed by atoms with Gasteiger partial charge in [-0.1, -0.05) is 191 Å². The van der Waals surface area contributed by atoms with Crippen LogP contribution in [0.15, 0.2) is 97.1 Å². The monoisotopic (exact) mass is 915 g/mol. The van der Waals surface area contributed by atoms with Crippen molar-refractivity contribution in [1.29, 1.82) is 0 Å². The van der Waals surface area contributed by atoms with Crippen molar-refractivity contribution in [3.63, 3.8) is 0 Å².